The molecule has 0 saturated heterocycles. The van der Waals surface area contributed by atoms with E-state index >= 15 is 0 Å². The van der Waals surface area contributed by atoms with Crippen LogP contribution >= 0.6 is 27.7 Å². The molecule has 1 amide bonds. The number of nitrogens with one attached hydrogen (secondary N) is 1. The van der Waals surface area contributed by atoms with Crippen LogP contribution in [0.3, 0.4) is 0 Å². The number of ether oxygens (including phenoxy) is 1. The largest absolute Gasteiger partial charge is 0.496 e. The van der Waals surface area contributed by atoms with Crippen LogP contribution in [0.25, 0.3) is 21.7 Å². The number of thioether (sulfide) groups is 1. The molecule has 1 aromatic heterocycles. The van der Waals surface area contributed by atoms with Crippen molar-refractivity contribution in [1.29, 1.82) is 0 Å². The van der Waals surface area contributed by atoms with Gasteiger partial charge < -0.3 is 14.5 Å². The number of para-hydroxylation sites is 1. The Labute approximate surface area is 191 Å². The van der Waals surface area contributed by atoms with Gasteiger partial charge in [0.05, 0.1) is 7.11 Å². The summed E-state index contributed by atoms with van der Waals surface area (Å²) in [6, 6.07) is 18.9. The SMILES string of the molecule is COc1ccc2cc(Br)ccc2c1CSCCNC(=O)c1cc2ccccc2oc1=O. The molecule has 0 saturated carbocycles. The lowest BCUT2D eigenvalue weighted by molar-refractivity contribution is 0.0952. The molecule has 1 heterocycles. The minimum Gasteiger partial charge on any atom is -0.496 e. The maximum Gasteiger partial charge on any atom is 0.349 e. The average Bonchev–Trinajstić information content (AvgIpc) is 2.78. The summed E-state index contributed by atoms with van der Waals surface area (Å²) in [6.45, 7) is 0.439. The average molecular weight is 498 g/mol. The van der Waals surface area contributed by atoms with Gasteiger partial charge in [0.15, 0.2) is 0 Å². The number of fused-ring (bicyclic) bond motifs is 2. The van der Waals surface area contributed by atoms with Crippen LogP contribution in [-0.2, 0) is 5.75 Å². The lowest BCUT2D eigenvalue weighted by Crippen LogP contribution is -2.30. The summed E-state index contributed by atoms with van der Waals surface area (Å²) in [7, 11) is 1.67. The Bertz CT molecular complexity index is 1320. The second-order valence-electron chi connectivity index (χ2n) is 6.91. The van der Waals surface area contributed by atoms with Crippen molar-refractivity contribution in [2.45, 2.75) is 5.75 Å². The number of benzene rings is 3. The third-order valence-corrected chi connectivity index (χ3v) is 6.41. The number of methoxy groups -OCH3 is 1. The zero-order valence-corrected chi connectivity index (χ0v) is 19.2. The van der Waals surface area contributed by atoms with Gasteiger partial charge in [-0.05, 0) is 41.1 Å². The van der Waals surface area contributed by atoms with Crippen molar-refractivity contribution in [2.24, 2.45) is 0 Å². The van der Waals surface area contributed by atoms with Crippen molar-refractivity contribution in [2.75, 3.05) is 19.4 Å². The molecule has 3 aromatic carbocycles. The zero-order chi connectivity index (χ0) is 21.8. The summed E-state index contributed by atoms with van der Waals surface area (Å²) in [6.07, 6.45) is 0. The van der Waals surface area contributed by atoms with Crippen LogP contribution in [0.2, 0.25) is 0 Å². The Hall–Kier alpha value is -2.77. The van der Waals surface area contributed by atoms with Crippen LogP contribution in [-0.4, -0.2) is 25.3 Å². The van der Waals surface area contributed by atoms with Crippen LogP contribution in [0.4, 0.5) is 0 Å². The predicted molar refractivity (Wildman–Crippen MR) is 129 cm³/mol. The fraction of sp³-hybridized carbons (Fsp3) is 0.167. The van der Waals surface area contributed by atoms with Gasteiger partial charge in [-0.1, -0.05) is 46.3 Å². The number of halogens is 1. The van der Waals surface area contributed by atoms with Gasteiger partial charge in [-0.25, -0.2) is 4.79 Å². The van der Waals surface area contributed by atoms with Gasteiger partial charge >= 0.3 is 5.63 Å². The van der Waals surface area contributed by atoms with Gasteiger partial charge in [0.2, 0.25) is 0 Å². The molecule has 0 spiro atoms. The molecule has 0 aliphatic rings. The van der Waals surface area contributed by atoms with E-state index in [2.05, 4.69) is 33.4 Å². The lowest BCUT2D eigenvalue weighted by Gasteiger charge is -2.12. The topological polar surface area (TPSA) is 68.5 Å². The van der Waals surface area contributed by atoms with E-state index in [0.29, 0.717) is 17.9 Å². The maximum atomic E-state index is 12.4. The predicted octanol–water partition coefficient (Wildman–Crippen LogP) is 5.38. The third kappa shape index (κ3) is 4.78. The number of rotatable bonds is 7. The molecule has 4 aromatic rings. The van der Waals surface area contributed by atoms with E-state index in [1.165, 1.54) is 0 Å². The van der Waals surface area contributed by atoms with Crippen molar-refractivity contribution < 1.29 is 13.9 Å². The Kier molecular flexibility index (Phi) is 6.63. The van der Waals surface area contributed by atoms with E-state index in [1.54, 1.807) is 43.1 Å². The van der Waals surface area contributed by atoms with E-state index in [4.69, 9.17) is 9.15 Å². The van der Waals surface area contributed by atoms with E-state index in [9.17, 15) is 9.59 Å². The molecule has 31 heavy (non-hydrogen) atoms. The molecule has 0 atom stereocenters. The Morgan fingerprint density at radius 1 is 1.10 bits per heavy atom. The molecule has 0 aliphatic heterocycles. The van der Waals surface area contributed by atoms with Crippen molar-refractivity contribution >= 4 is 55.3 Å². The molecule has 0 unspecified atom stereocenters. The van der Waals surface area contributed by atoms with Crippen molar-refractivity contribution in [3.63, 3.8) is 0 Å². The first kappa shape index (κ1) is 21.5. The smallest absolute Gasteiger partial charge is 0.349 e. The lowest BCUT2D eigenvalue weighted by atomic mass is 10.0. The summed E-state index contributed by atoms with van der Waals surface area (Å²) in [5, 5.41) is 5.81. The van der Waals surface area contributed by atoms with E-state index in [1.807, 2.05) is 24.3 Å². The maximum absolute atomic E-state index is 12.4. The highest BCUT2D eigenvalue weighted by atomic mass is 79.9. The normalized spacial score (nSPS) is 11.0. The number of hydrogen-bond donors (Lipinski definition) is 1. The van der Waals surface area contributed by atoms with Crippen LogP contribution in [0.15, 0.2) is 74.3 Å². The monoisotopic (exact) mass is 497 g/mol. The Morgan fingerprint density at radius 2 is 1.94 bits per heavy atom. The second kappa shape index (κ2) is 9.58. The van der Waals surface area contributed by atoms with Crippen LogP contribution in [0.1, 0.15) is 15.9 Å². The van der Waals surface area contributed by atoms with Crippen molar-refractivity contribution in [1.82, 2.24) is 5.32 Å². The Morgan fingerprint density at radius 3 is 2.77 bits per heavy atom. The number of hydrogen-bond acceptors (Lipinski definition) is 5. The molecule has 7 heteroatoms. The highest BCUT2D eigenvalue weighted by Crippen LogP contribution is 2.32. The fourth-order valence-corrected chi connectivity index (χ4v) is 4.68. The van der Waals surface area contributed by atoms with Gasteiger partial charge in [0.1, 0.15) is 16.9 Å². The van der Waals surface area contributed by atoms with E-state index < -0.39 is 11.5 Å². The van der Waals surface area contributed by atoms with Gasteiger partial charge in [-0.2, -0.15) is 11.8 Å². The van der Waals surface area contributed by atoms with Gasteiger partial charge in [0.25, 0.3) is 5.91 Å². The first-order chi connectivity index (χ1) is 15.1. The summed E-state index contributed by atoms with van der Waals surface area (Å²) >= 11 is 5.20. The summed E-state index contributed by atoms with van der Waals surface area (Å²) in [5.74, 6) is 1.87. The standard InChI is InChI=1S/C24H20BrNO4S/c1-29-22-9-6-15-12-17(25)7-8-18(15)20(22)14-31-11-10-26-23(27)19-13-16-4-2-3-5-21(16)30-24(19)28/h2-9,12-13H,10-11,14H2,1H3,(H,26,27). The fourth-order valence-electron chi connectivity index (χ4n) is 3.41. The summed E-state index contributed by atoms with van der Waals surface area (Å²) < 4.78 is 11.8. The van der Waals surface area contributed by atoms with Crippen LogP contribution in [0, 0.1) is 0 Å². The molecular formula is C24H20BrNO4S. The van der Waals surface area contributed by atoms with Crippen molar-refractivity contribution in [3.8, 4) is 5.75 Å². The van der Waals surface area contributed by atoms with E-state index in [0.717, 1.165) is 37.7 Å². The molecular weight excluding hydrogens is 478 g/mol. The molecule has 5 nitrogen and oxygen atoms in total. The number of carbonyl (C=O) groups excluding carboxylic acids is 1. The second-order valence-corrected chi connectivity index (χ2v) is 8.93. The molecule has 0 radical (unpaired) electrons. The van der Waals surface area contributed by atoms with Gasteiger partial charge in [0, 0.05) is 33.5 Å². The molecule has 0 bridgehead atoms. The molecule has 0 fully saturated rings. The minimum absolute atomic E-state index is 0.0185. The highest BCUT2D eigenvalue weighted by Gasteiger charge is 2.13. The molecule has 0 aliphatic carbocycles. The number of amides is 1. The molecule has 1 N–H and O–H groups in total. The molecule has 158 valence electrons. The highest BCUT2D eigenvalue weighted by molar-refractivity contribution is 9.10. The quantitative estimate of drug-likeness (QED) is 0.274. The number of carbonyl (C=O) groups is 1. The van der Waals surface area contributed by atoms with Crippen LogP contribution < -0.4 is 15.7 Å². The van der Waals surface area contributed by atoms with Crippen LogP contribution in [0.5, 0.6) is 5.75 Å². The zero-order valence-electron chi connectivity index (χ0n) is 16.8. The molecule has 4 rings (SSSR count). The summed E-state index contributed by atoms with van der Waals surface area (Å²) in [4.78, 5) is 24.6. The van der Waals surface area contributed by atoms with Crippen molar-refractivity contribution in [3.05, 3.63) is 86.7 Å². The van der Waals surface area contributed by atoms with Gasteiger partial charge in [-0.15, -0.1) is 0 Å². The van der Waals surface area contributed by atoms with E-state index in [-0.39, 0.29) is 5.56 Å². The summed E-state index contributed by atoms with van der Waals surface area (Å²) in [5.41, 5.74) is 0.982. The minimum atomic E-state index is -0.629. The Balaban J connectivity index is 1.38. The first-order valence-electron chi connectivity index (χ1n) is 9.71. The first-order valence-corrected chi connectivity index (χ1v) is 11.7. The van der Waals surface area contributed by atoms with Gasteiger partial charge in [-0.3, -0.25) is 4.79 Å². The third-order valence-electron chi connectivity index (χ3n) is 4.93.